The van der Waals surface area contributed by atoms with Gasteiger partial charge in [0.05, 0.1) is 5.41 Å². The third-order valence-electron chi connectivity index (χ3n) is 6.61. The molecule has 2 aromatic carbocycles. The summed E-state index contributed by atoms with van der Waals surface area (Å²) in [5.41, 5.74) is 7.66. The lowest BCUT2D eigenvalue weighted by Crippen LogP contribution is -2.27. The molecule has 0 aromatic heterocycles. The van der Waals surface area contributed by atoms with Crippen molar-refractivity contribution in [1.82, 2.24) is 0 Å². The van der Waals surface area contributed by atoms with Gasteiger partial charge in [0.2, 0.25) is 11.6 Å². The third-order valence-corrected chi connectivity index (χ3v) is 7.10. The van der Waals surface area contributed by atoms with Crippen LogP contribution in [0.15, 0.2) is 83.1 Å². The van der Waals surface area contributed by atoms with E-state index in [9.17, 15) is 4.79 Å². The summed E-state index contributed by atoms with van der Waals surface area (Å²) in [5.74, 6) is -0.0586. The molecule has 4 nitrogen and oxygen atoms in total. The number of carbonyl (C=O) groups excluding carboxylic acids is 1. The normalized spacial score (nSPS) is 18.6. The Bertz CT molecular complexity index is 1220. The maximum absolute atomic E-state index is 11.6. The smallest absolute Gasteiger partial charge is 0.221 e. The van der Waals surface area contributed by atoms with Crippen molar-refractivity contribution in [2.45, 2.75) is 52.4 Å². The van der Waals surface area contributed by atoms with E-state index < -0.39 is 0 Å². The van der Waals surface area contributed by atoms with Crippen molar-refractivity contribution in [3.8, 4) is 0 Å². The summed E-state index contributed by atoms with van der Waals surface area (Å²) in [6.07, 6.45) is 9.48. The van der Waals surface area contributed by atoms with Crippen LogP contribution < -0.4 is 10.6 Å². The number of nitrogens with zero attached hydrogens (tertiary/aromatic N) is 1. The molecule has 1 amide bonds. The first-order chi connectivity index (χ1) is 16.3. The number of benzene rings is 2. The van der Waals surface area contributed by atoms with E-state index in [0.29, 0.717) is 0 Å². The highest BCUT2D eigenvalue weighted by Crippen LogP contribution is 2.42. The first-order valence-electron chi connectivity index (χ1n) is 12.0. The molecule has 0 unspecified atom stereocenters. The van der Waals surface area contributed by atoms with Gasteiger partial charge in [0.25, 0.3) is 0 Å². The number of para-hydroxylation sites is 1. The van der Waals surface area contributed by atoms with E-state index in [-0.39, 0.29) is 11.3 Å². The second-order valence-corrected chi connectivity index (χ2v) is 9.75. The minimum atomic E-state index is -0.189. The number of allylic oxidation sites excluding steroid dienone is 5. The van der Waals surface area contributed by atoms with Crippen LogP contribution in [-0.2, 0) is 10.2 Å². The zero-order valence-electron chi connectivity index (χ0n) is 20.4. The van der Waals surface area contributed by atoms with E-state index in [1.807, 2.05) is 42.6 Å². The standard InChI is InChI=1S/C29H32ClN3O/c1-5-33-26-16-15-24(32-20(2)34)18-25(26)29(3,4)27(33)17-14-21-10-9-11-22(28(21)30)19-31-23-12-7-6-8-13-23/h6-8,12-19H,5,9-11H2,1-4H3,(H,32,34)/p+1. The van der Waals surface area contributed by atoms with Crippen molar-refractivity contribution in [3.63, 3.8) is 0 Å². The number of carbonyl (C=O) groups is 1. The molecule has 0 radical (unpaired) electrons. The average Bonchev–Trinajstić information content (AvgIpc) is 3.03. The van der Waals surface area contributed by atoms with Gasteiger partial charge >= 0.3 is 0 Å². The van der Waals surface area contributed by atoms with Gasteiger partial charge in [-0.1, -0.05) is 35.9 Å². The summed E-state index contributed by atoms with van der Waals surface area (Å²) in [5, 5.41) is 7.13. The van der Waals surface area contributed by atoms with Gasteiger partial charge in [-0.15, -0.1) is 0 Å². The number of halogens is 1. The van der Waals surface area contributed by atoms with Gasteiger partial charge in [-0.3, -0.25) is 4.79 Å². The molecule has 4 rings (SSSR count). The van der Waals surface area contributed by atoms with E-state index in [2.05, 4.69) is 60.3 Å². The molecule has 34 heavy (non-hydrogen) atoms. The minimum Gasteiger partial charge on any atom is -0.361 e. The van der Waals surface area contributed by atoms with Crippen molar-refractivity contribution >= 4 is 40.3 Å². The summed E-state index contributed by atoms with van der Waals surface area (Å²) >= 11 is 6.86. The first kappa shape index (κ1) is 24.0. The lowest BCUT2D eigenvalue weighted by molar-refractivity contribution is -0.433. The van der Waals surface area contributed by atoms with Crippen LogP contribution in [-0.4, -0.2) is 22.7 Å². The molecule has 1 heterocycles. The Labute approximate surface area is 207 Å². The predicted octanol–water partition coefficient (Wildman–Crippen LogP) is 7.27. The zero-order chi connectivity index (χ0) is 24.3. The molecule has 2 aliphatic rings. The molecule has 0 saturated carbocycles. The van der Waals surface area contributed by atoms with Crippen molar-refractivity contribution in [3.05, 3.63) is 88.6 Å². The summed E-state index contributed by atoms with van der Waals surface area (Å²) in [4.78, 5) is 11.6. The number of anilines is 2. The molecular weight excluding hydrogens is 442 g/mol. The second kappa shape index (κ2) is 10.0. The van der Waals surface area contributed by atoms with Gasteiger partial charge in [-0.2, -0.15) is 4.58 Å². The molecule has 0 bridgehead atoms. The molecule has 176 valence electrons. The van der Waals surface area contributed by atoms with Crippen molar-refractivity contribution in [2.75, 3.05) is 17.2 Å². The molecule has 0 saturated heterocycles. The molecule has 0 spiro atoms. The third kappa shape index (κ3) is 4.88. The van der Waals surface area contributed by atoms with Gasteiger partial charge in [0.15, 0.2) is 5.71 Å². The fourth-order valence-electron chi connectivity index (χ4n) is 4.87. The van der Waals surface area contributed by atoms with Crippen molar-refractivity contribution in [2.24, 2.45) is 0 Å². The summed E-state index contributed by atoms with van der Waals surface area (Å²) in [7, 11) is 0. The van der Waals surface area contributed by atoms with Crippen LogP contribution in [0.2, 0.25) is 0 Å². The Morgan fingerprint density at radius 1 is 1.09 bits per heavy atom. The van der Waals surface area contributed by atoms with Gasteiger partial charge in [0, 0.05) is 47.2 Å². The van der Waals surface area contributed by atoms with Crippen LogP contribution >= 0.6 is 11.6 Å². The number of rotatable bonds is 6. The Balaban J connectivity index is 1.63. The number of hydrogen-bond donors (Lipinski definition) is 2. The minimum absolute atomic E-state index is 0.0586. The first-order valence-corrected chi connectivity index (χ1v) is 12.3. The Hall–Kier alpha value is -3.11. The van der Waals surface area contributed by atoms with Crippen molar-refractivity contribution in [1.29, 1.82) is 0 Å². The number of fused-ring (bicyclic) bond motifs is 1. The molecule has 2 aromatic rings. The summed E-state index contributed by atoms with van der Waals surface area (Å²) in [6.45, 7) is 9.06. The molecule has 2 N–H and O–H groups in total. The highest BCUT2D eigenvalue weighted by Gasteiger charge is 2.44. The molecule has 0 fully saturated rings. The Morgan fingerprint density at radius 2 is 1.85 bits per heavy atom. The van der Waals surface area contributed by atoms with E-state index in [0.717, 1.165) is 47.8 Å². The SMILES string of the molecule is CC[N+]1=C(C=CC2=C(Cl)C(=CNc3ccccc3)CCC2)C(C)(C)c2cc(NC(C)=O)ccc21. The van der Waals surface area contributed by atoms with Gasteiger partial charge < -0.3 is 10.6 Å². The average molecular weight is 475 g/mol. The van der Waals surface area contributed by atoms with Crippen LogP contribution in [0.1, 0.15) is 52.5 Å². The van der Waals surface area contributed by atoms with Crippen LogP contribution in [0.4, 0.5) is 17.1 Å². The van der Waals surface area contributed by atoms with Crippen LogP contribution in [0.3, 0.4) is 0 Å². The highest BCUT2D eigenvalue weighted by molar-refractivity contribution is 6.32. The zero-order valence-corrected chi connectivity index (χ0v) is 21.2. The fourth-order valence-corrected chi connectivity index (χ4v) is 5.18. The van der Waals surface area contributed by atoms with E-state index in [4.69, 9.17) is 11.6 Å². The lowest BCUT2D eigenvalue weighted by Gasteiger charge is -2.19. The maximum atomic E-state index is 11.6. The quantitative estimate of drug-likeness (QED) is 0.432. The number of nitrogens with one attached hydrogen (secondary N) is 2. The van der Waals surface area contributed by atoms with Crippen LogP contribution in [0.5, 0.6) is 0 Å². The second-order valence-electron chi connectivity index (χ2n) is 9.37. The van der Waals surface area contributed by atoms with Crippen LogP contribution in [0.25, 0.3) is 0 Å². The summed E-state index contributed by atoms with van der Waals surface area (Å²) in [6, 6.07) is 16.3. The van der Waals surface area contributed by atoms with E-state index in [1.165, 1.54) is 29.5 Å². The molecular formula is C29H33ClN3O+. The fraction of sp³-hybridized carbons (Fsp3) is 0.310. The highest BCUT2D eigenvalue weighted by atomic mass is 35.5. The van der Waals surface area contributed by atoms with Crippen molar-refractivity contribution < 1.29 is 9.37 Å². The lowest BCUT2D eigenvalue weighted by atomic mass is 9.81. The van der Waals surface area contributed by atoms with E-state index >= 15 is 0 Å². The van der Waals surface area contributed by atoms with Gasteiger partial charge in [-0.25, -0.2) is 0 Å². The molecule has 1 aliphatic heterocycles. The largest absolute Gasteiger partial charge is 0.361 e. The number of hydrogen-bond acceptors (Lipinski definition) is 2. The Kier molecular flexibility index (Phi) is 7.08. The Morgan fingerprint density at radius 3 is 2.56 bits per heavy atom. The van der Waals surface area contributed by atoms with Gasteiger partial charge in [0.1, 0.15) is 6.54 Å². The number of amides is 1. The molecule has 0 atom stereocenters. The monoisotopic (exact) mass is 474 g/mol. The van der Waals surface area contributed by atoms with E-state index in [1.54, 1.807) is 0 Å². The van der Waals surface area contributed by atoms with Gasteiger partial charge in [-0.05, 0) is 75.4 Å². The maximum Gasteiger partial charge on any atom is 0.221 e. The molecule has 1 aliphatic carbocycles. The summed E-state index contributed by atoms with van der Waals surface area (Å²) < 4.78 is 2.36. The topological polar surface area (TPSA) is 44.1 Å². The predicted molar refractivity (Wildman–Crippen MR) is 143 cm³/mol. The molecule has 5 heteroatoms. The van der Waals surface area contributed by atoms with Crippen LogP contribution in [0, 0.1) is 0 Å².